The summed E-state index contributed by atoms with van der Waals surface area (Å²) < 4.78 is 12.2. The highest BCUT2D eigenvalue weighted by atomic mass is 16.5. The fraction of sp³-hybridized carbons (Fsp3) is 0.724. The highest BCUT2D eigenvalue weighted by Crippen LogP contribution is 2.31. The quantitative estimate of drug-likeness (QED) is 0.630. The number of ether oxygens (including phenoxy) is 2. The van der Waals surface area contributed by atoms with Crippen LogP contribution in [0.2, 0.25) is 0 Å². The molecule has 1 aromatic rings. The molecule has 1 heterocycles. The van der Waals surface area contributed by atoms with Crippen molar-refractivity contribution < 1.29 is 19.1 Å². The lowest BCUT2D eigenvalue weighted by atomic mass is 9.85. The maximum atomic E-state index is 13.4. The highest BCUT2D eigenvalue weighted by molar-refractivity contribution is 5.99. The van der Waals surface area contributed by atoms with Crippen LogP contribution < -0.4 is 10.1 Å². The summed E-state index contributed by atoms with van der Waals surface area (Å²) in [5, 5.41) is 3.03. The van der Waals surface area contributed by atoms with E-state index in [0.717, 1.165) is 38.3 Å². The predicted octanol–water partition coefficient (Wildman–Crippen LogP) is 4.81. The molecular formula is C29H45N3O4. The van der Waals surface area contributed by atoms with E-state index in [2.05, 4.69) is 24.1 Å². The second kappa shape index (κ2) is 12.4. The SMILES string of the molecule is CO[C@H]1CN(C)C(=O)c2ccc(NC(=O)C3CCC3)cc2OC[C@H](C)N(CC2CCCCC2)C[C@H]1C. The Kier molecular flexibility index (Phi) is 9.29. The van der Waals surface area contributed by atoms with Crippen LogP contribution in [0.5, 0.6) is 5.75 Å². The van der Waals surface area contributed by atoms with Gasteiger partial charge in [0, 0.05) is 57.5 Å². The molecule has 2 aliphatic carbocycles. The van der Waals surface area contributed by atoms with E-state index in [1.54, 1.807) is 18.1 Å². The van der Waals surface area contributed by atoms with Gasteiger partial charge in [-0.3, -0.25) is 14.5 Å². The lowest BCUT2D eigenvalue weighted by molar-refractivity contribution is -0.122. The Balaban J connectivity index is 1.57. The average molecular weight is 500 g/mol. The lowest BCUT2D eigenvalue weighted by Gasteiger charge is -2.38. The number of rotatable bonds is 5. The fourth-order valence-corrected chi connectivity index (χ4v) is 5.80. The van der Waals surface area contributed by atoms with Crippen LogP contribution in [-0.4, -0.2) is 74.2 Å². The summed E-state index contributed by atoms with van der Waals surface area (Å²) in [5.74, 6) is 1.60. The zero-order valence-electron chi connectivity index (χ0n) is 22.6. The Morgan fingerprint density at radius 3 is 2.50 bits per heavy atom. The second-order valence-corrected chi connectivity index (χ2v) is 11.4. The number of benzene rings is 1. The van der Waals surface area contributed by atoms with Gasteiger partial charge in [0.15, 0.2) is 0 Å². The second-order valence-electron chi connectivity index (χ2n) is 11.4. The third-order valence-corrected chi connectivity index (χ3v) is 8.54. The van der Waals surface area contributed by atoms with Crippen molar-refractivity contribution in [2.75, 3.05) is 45.7 Å². The van der Waals surface area contributed by atoms with Crippen molar-refractivity contribution in [3.63, 3.8) is 0 Å². The Bertz CT molecular complexity index is 897. The summed E-state index contributed by atoms with van der Waals surface area (Å²) in [6, 6.07) is 5.61. The number of carbonyl (C=O) groups is 2. The van der Waals surface area contributed by atoms with Crippen LogP contribution in [0.25, 0.3) is 0 Å². The first-order valence-electron chi connectivity index (χ1n) is 14.0. The van der Waals surface area contributed by atoms with E-state index in [1.807, 2.05) is 19.2 Å². The van der Waals surface area contributed by atoms with E-state index in [-0.39, 0.29) is 35.8 Å². The van der Waals surface area contributed by atoms with Crippen LogP contribution >= 0.6 is 0 Å². The van der Waals surface area contributed by atoms with Crippen LogP contribution in [0.1, 0.15) is 75.6 Å². The third-order valence-electron chi connectivity index (χ3n) is 8.54. The van der Waals surface area contributed by atoms with Gasteiger partial charge in [0.05, 0.1) is 11.7 Å². The van der Waals surface area contributed by atoms with Gasteiger partial charge in [-0.05, 0) is 56.6 Å². The number of methoxy groups -OCH3 is 1. The van der Waals surface area contributed by atoms with Gasteiger partial charge >= 0.3 is 0 Å². The number of hydrogen-bond acceptors (Lipinski definition) is 5. The summed E-state index contributed by atoms with van der Waals surface area (Å²) in [7, 11) is 3.57. The van der Waals surface area contributed by atoms with E-state index >= 15 is 0 Å². The molecule has 2 amide bonds. The first-order valence-corrected chi connectivity index (χ1v) is 14.0. The topological polar surface area (TPSA) is 71.1 Å². The molecule has 1 aromatic carbocycles. The monoisotopic (exact) mass is 499 g/mol. The summed E-state index contributed by atoms with van der Waals surface area (Å²) in [6.07, 6.45) is 9.58. The molecule has 2 saturated carbocycles. The van der Waals surface area contributed by atoms with Crippen LogP contribution in [-0.2, 0) is 9.53 Å². The molecule has 0 aromatic heterocycles. The van der Waals surface area contributed by atoms with Crippen LogP contribution in [0.15, 0.2) is 18.2 Å². The van der Waals surface area contributed by atoms with E-state index < -0.39 is 0 Å². The number of nitrogens with one attached hydrogen (secondary N) is 1. The maximum absolute atomic E-state index is 13.4. The maximum Gasteiger partial charge on any atom is 0.257 e. The van der Waals surface area contributed by atoms with E-state index in [4.69, 9.17) is 9.47 Å². The number of anilines is 1. The van der Waals surface area contributed by atoms with Crippen molar-refractivity contribution in [3.05, 3.63) is 23.8 Å². The molecule has 0 saturated heterocycles. The van der Waals surface area contributed by atoms with Crippen molar-refractivity contribution in [2.24, 2.45) is 17.8 Å². The minimum atomic E-state index is -0.0941. The van der Waals surface area contributed by atoms with Crippen molar-refractivity contribution in [1.82, 2.24) is 9.80 Å². The van der Waals surface area contributed by atoms with Gasteiger partial charge in [0.1, 0.15) is 12.4 Å². The first-order chi connectivity index (χ1) is 17.4. The van der Waals surface area contributed by atoms with E-state index in [1.165, 1.54) is 32.1 Å². The summed E-state index contributed by atoms with van der Waals surface area (Å²) in [5.41, 5.74) is 1.21. The standard InChI is InChI=1S/C29H45N3O4/c1-20-16-32(17-22-9-6-5-7-10-22)21(2)19-36-26-15-24(30-28(33)23-11-8-12-23)13-14-25(26)29(34)31(3)18-27(20)35-4/h13-15,20-23,27H,5-12,16-19H2,1-4H3,(H,30,33)/t20-,21+,27+/m1/s1. The molecule has 7 heteroatoms. The molecule has 4 rings (SSSR count). The molecule has 0 spiro atoms. The van der Waals surface area contributed by atoms with Gasteiger partial charge in [-0.2, -0.15) is 0 Å². The molecule has 2 fully saturated rings. The first kappa shape index (κ1) is 26.9. The van der Waals surface area contributed by atoms with Gasteiger partial charge < -0.3 is 19.7 Å². The number of nitrogens with zero attached hydrogens (tertiary/aromatic N) is 2. The van der Waals surface area contributed by atoms with Gasteiger partial charge in [0.2, 0.25) is 5.91 Å². The molecule has 1 N–H and O–H groups in total. The molecule has 36 heavy (non-hydrogen) atoms. The lowest BCUT2D eigenvalue weighted by Crippen LogP contribution is -2.48. The normalized spacial score (nSPS) is 27.3. The van der Waals surface area contributed by atoms with Crippen LogP contribution in [0, 0.1) is 17.8 Å². The van der Waals surface area contributed by atoms with Gasteiger partial charge in [-0.25, -0.2) is 0 Å². The predicted molar refractivity (Wildman–Crippen MR) is 142 cm³/mol. The Hall–Kier alpha value is -2.12. The number of hydrogen-bond donors (Lipinski definition) is 1. The smallest absolute Gasteiger partial charge is 0.257 e. The molecular weight excluding hydrogens is 454 g/mol. The third kappa shape index (κ3) is 6.60. The molecule has 3 aliphatic rings. The zero-order valence-corrected chi connectivity index (χ0v) is 22.6. The van der Waals surface area contributed by atoms with Crippen LogP contribution in [0.3, 0.4) is 0 Å². The van der Waals surface area contributed by atoms with Crippen molar-refractivity contribution in [3.8, 4) is 5.75 Å². The molecule has 1 aliphatic heterocycles. The minimum absolute atomic E-state index is 0.0511. The molecule has 0 bridgehead atoms. The number of fused-ring (bicyclic) bond motifs is 1. The Morgan fingerprint density at radius 1 is 1.08 bits per heavy atom. The van der Waals surface area contributed by atoms with E-state index in [9.17, 15) is 9.59 Å². The summed E-state index contributed by atoms with van der Waals surface area (Å²) in [4.78, 5) is 30.2. The molecule has 200 valence electrons. The highest BCUT2D eigenvalue weighted by Gasteiger charge is 2.30. The number of amides is 2. The summed E-state index contributed by atoms with van der Waals surface area (Å²) >= 11 is 0. The Labute approximate surface area is 216 Å². The largest absolute Gasteiger partial charge is 0.491 e. The van der Waals surface area contributed by atoms with Crippen molar-refractivity contribution >= 4 is 17.5 Å². The van der Waals surface area contributed by atoms with Gasteiger partial charge in [0.25, 0.3) is 5.91 Å². The Morgan fingerprint density at radius 2 is 1.83 bits per heavy atom. The molecule has 0 unspecified atom stereocenters. The van der Waals surface area contributed by atoms with Crippen LogP contribution in [0.4, 0.5) is 5.69 Å². The van der Waals surface area contributed by atoms with Gasteiger partial charge in [-0.15, -0.1) is 0 Å². The molecule has 7 nitrogen and oxygen atoms in total. The van der Waals surface area contributed by atoms with Gasteiger partial charge in [-0.1, -0.05) is 32.6 Å². The van der Waals surface area contributed by atoms with E-state index in [0.29, 0.717) is 30.2 Å². The van der Waals surface area contributed by atoms with Crippen molar-refractivity contribution in [2.45, 2.75) is 77.4 Å². The van der Waals surface area contributed by atoms with Crippen molar-refractivity contribution in [1.29, 1.82) is 0 Å². The molecule has 0 radical (unpaired) electrons. The fourth-order valence-electron chi connectivity index (χ4n) is 5.80. The zero-order chi connectivity index (χ0) is 25.7. The summed E-state index contributed by atoms with van der Waals surface area (Å²) in [6.45, 7) is 7.43. The average Bonchev–Trinajstić information content (AvgIpc) is 2.83. The molecule has 3 atom stereocenters. The number of carbonyl (C=O) groups excluding carboxylic acids is 2. The number of likely N-dealkylation sites (N-methyl/N-ethyl adjacent to an activating group) is 1. The minimum Gasteiger partial charge on any atom is -0.491 e.